The van der Waals surface area contributed by atoms with Crippen molar-refractivity contribution in [3.8, 4) is 0 Å². The van der Waals surface area contributed by atoms with Crippen molar-refractivity contribution in [3.05, 3.63) is 88.2 Å². The Morgan fingerprint density at radius 2 is 1.32 bits per heavy atom. The first-order chi connectivity index (χ1) is 13.3. The number of amides is 2. The number of hydrogen-bond donors (Lipinski definition) is 2. The lowest BCUT2D eigenvalue weighted by Gasteiger charge is -2.10. The van der Waals surface area contributed by atoms with E-state index in [0.29, 0.717) is 16.8 Å². The largest absolute Gasteiger partial charge is 0.322 e. The molecule has 0 saturated carbocycles. The Labute approximate surface area is 164 Å². The van der Waals surface area contributed by atoms with Crippen molar-refractivity contribution in [2.75, 3.05) is 10.6 Å². The van der Waals surface area contributed by atoms with Crippen LogP contribution in [0.15, 0.2) is 54.9 Å². The Morgan fingerprint density at radius 1 is 0.714 bits per heavy atom. The number of carbonyl (C=O) groups excluding carboxylic acids is 2. The summed E-state index contributed by atoms with van der Waals surface area (Å²) in [7, 11) is 0. The molecule has 1 heterocycles. The fourth-order valence-corrected chi connectivity index (χ4v) is 3.00. The minimum absolute atomic E-state index is 0.303. The molecule has 0 bridgehead atoms. The number of nitrogens with zero attached hydrogens (tertiary/aromatic N) is 1. The summed E-state index contributed by atoms with van der Waals surface area (Å²) in [5, 5.41) is 5.75. The van der Waals surface area contributed by atoms with Crippen LogP contribution in [0.5, 0.6) is 0 Å². The number of carbonyl (C=O) groups is 2. The number of benzene rings is 2. The molecule has 2 amide bonds. The summed E-state index contributed by atoms with van der Waals surface area (Å²) in [6.45, 7) is 7.85. The second-order valence-electron chi connectivity index (χ2n) is 7.07. The molecule has 0 atom stereocenters. The molecular formula is C23H23N3O2. The van der Waals surface area contributed by atoms with E-state index >= 15 is 0 Å². The summed E-state index contributed by atoms with van der Waals surface area (Å²) < 4.78 is 0. The third-order valence-corrected chi connectivity index (χ3v) is 4.38. The summed E-state index contributed by atoms with van der Waals surface area (Å²) in [5.74, 6) is -0.610. The summed E-state index contributed by atoms with van der Waals surface area (Å²) in [6, 6.07) is 13.2. The van der Waals surface area contributed by atoms with E-state index in [4.69, 9.17) is 0 Å². The van der Waals surface area contributed by atoms with E-state index in [9.17, 15) is 9.59 Å². The third kappa shape index (κ3) is 4.62. The molecule has 0 unspecified atom stereocenters. The van der Waals surface area contributed by atoms with Gasteiger partial charge < -0.3 is 10.6 Å². The molecule has 2 N–H and O–H groups in total. The average molecular weight is 373 g/mol. The summed E-state index contributed by atoms with van der Waals surface area (Å²) in [4.78, 5) is 29.3. The quantitative estimate of drug-likeness (QED) is 0.689. The van der Waals surface area contributed by atoms with Gasteiger partial charge in [0, 0.05) is 23.8 Å². The molecule has 0 fully saturated rings. The van der Waals surface area contributed by atoms with Gasteiger partial charge in [0.1, 0.15) is 0 Å². The topological polar surface area (TPSA) is 71.1 Å². The number of nitrogens with one attached hydrogen (secondary N) is 2. The average Bonchev–Trinajstić information content (AvgIpc) is 2.64. The molecule has 0 aliphatic carbocycles. The number of hydrogen-bond acceptors (Lipinski definition) is 3. The lowest BCUT2D eigenvalue weighted by Crippen LogP contribution is -2.16. The second-order valence-corrected chi connectivity index (χ2v) is 7.07. The van der Waals surface area contributed by atoms with Gasteiger partial charge in [-0.1, -0.05) is 18.2 Å². The first-order valence-electron chi connectivity index (χ1n) is 9.05. The summed E-state index contributed by atoms with van der Waals surface area (Å²) in [6.07, 6.45) is 2.90. The Morgan fingerprint density at radius 3 is 1.96 bits per heavy atom. The van der Waals surface area contributed by atoms with Crippen molar-refractivity contribution in [1.29, 1.82) is 0 Å². The Hall–Kier alpha value is -3.47. The maximum Gasteiger partial charge on any atom is 0.257 e. The predicted octanol–water partition coefficient (Wildman–Crippen LogP) is 4.82. The highest BCUT2D eigenvalue weighted by Gasteiger charge is 2.13. The van der Waals surface area contributed by atoms with Crippen LogP contribution >= 0.6 is 0 Å². The first-order valence-corrected chi connectivity index (χ1v) is 9.05. The molecule has 142 valence electrons. The summed E-state index contributed by atoms with van der Waals surface area (Å²) >= 11 is 0. The molecule has 0 aliphatic rings. The van der Waals surface area contributed by atoms with E-state index in [1.54, 1.807) is 6.07 Å². The zero-order valence-electron chi connectivity index (χ0n) is 16.5. The van der Waals surface area contributed by atoms with Gasteiger partial charge in [0.15, 0.2) is 0 Å². The molecule has 28 heavy (non-hydrogen) atoms. The van der Waals surface area contributed by atoms with E-state index < -0.39 is 0 Å². The first kappa shape index (κ1) is 19.3. The minimum atomic E-state index is -0.307. The number of aromatic nitrogens is 1. The number of pyridine rings is 1. The third-order valence-electron chi connectivity index (χ3n) is 4.38. The Kier molecular flexibility index (Phi) is 5.54. The molecule has 0 saturated heterocycles. The predicted molar refractivity (Wildman–Crippen MR) is 112 cm³/mol. The van der Waals surface area contributed by atoms with Crippen LogP contribution in [-0.2, 0) is 0 Å². The summed E-state index contributed by atoms with van der Waals surface area (Å²) in [5.41, 5.74) is 6.27. The molecule has 5 heteroatoms. The number of rotatable bonds is 4. The number of anilines is 2. The zero-order chi connectivity index (χ0) is 20.3. The highest BCUT2D eigenvalue weighted by molar-refractivity contribution is 6.08. The fourth-order valence-electron chi connectivity index (χ4n) is 3.00. The van der Waals surface area contributed by atoms with Gasteiger partial charge >= 0.3 is 0 Å². The molecule has 0 aliphatic heterocycles. The van der Waals surface area contributed by atoms with Gasteiger partial charge in [-0.2, -0.15) is 0 Å². The van der Waals surface area contributed by atoms with Crippen molar-refractivity contribution < 1.29 is 9.59 Å². The smallest absolute Gasteiger partial charge is 0.257 e. The molecule has 3 aromatic rings. The van der Waals surface area contributed by atoms with Gasteiger partial charge in [0.05, 0.1) is 11.1 Å². The normalized spacial score (nSPS) is 10.4. The maximum atomic E-state index is 12.6. The molecule has 0 radical (unpaired) electrons. The van der Waals surface area contributed by atoms with E-state index in [1.807, 2.05) is 64.1 Å². The van der Waals surface area contributed by atoms with Crippen LogP contribution in [0, 0.1) is 27.7 Å². The molecule has 3 rings (SSSR count). The van der Waals surface area contributed by atoms with Gasteiger partial charge in [-0.25, -0.2) is 0 Å². The van der Waals surface area contributed by atoms with Crippen molar-refractivity contribution in [2.45, 2.75) is 27.7 Å². The van der Waals surface area contributed by atoms with Gasteiger partial charge in [-0.05, 0) is 74.2 Å². The second kappa shape index (κ2) is 8.05. The molecule has 0 spiro atoms. The van der Waals surface area contributed by atoms with Crippen molar-refractivity contribution in [3.63, 3.8) is 0 Å². The molecular weight excluding hydrogens is 350 g/mol. The fraction of sp³-hybridized carbons (Fsp3) is 0.174. The van der Waals surface area contributed by atoms with Crippen LogP contribution in [0.3, 0.4) is 0 Å². The lowest BCUT2D eigenvalue weighted by atomic mass is 10.1. The number of aryl methyl sites for hydroxylation is 4. The standard InChI is InChI=1S/C23H23N3O2/c1-14-5-6-17(4)21(10-14)26-23(28)19-11-18(12-24-13-19)22(27)25-20-8-15(2)7-16(3)9-20/h5-13H,1-4H3,(H,25,27)(H,26,28). The van der Waals surface area contributed by atoms with Crippen LogP contribution in [0.2, 0.25) is 0 Å². The van der Waals surface area contributed by atoms with Crippen molar-refractivity contribution >= 4 is 23.2 Å². The van der Waals surface area contributed by atoms with E-state index in [2.05, 4.69) is 15.6 Å². The Balaban J connectivity index is 1.78. The van der Waals surface area contributed by atoms with Gasteiger partial charge in [0.2, 0.25) is 0 Å². The Bertz CT molecular complexity index is 1040. The van der Waals surface area contributed by atoms with Crippen LogP contribution in [-0.4, -0.2) is 16.8 Å². The minimum Gasteiger partial charge on any atom is -0.322 e. The SMILES string of the molecule is Cc1cc(C)cc(NC(=O)c2cncc(C(=O)Nc3cc(C)ccc3C)c2)c1. The molecule has 5 nitrogen and oxygen atoms in total. The highest BCUT2D eigenvalue weighted by atomic mass is 16.2. The highest BCUT2D eigenvalue weighted by Crippen LogP contribution is 2.18. The molecule has 1 aromatic heterocycles. The van der Waals surface area contributed by atoms with Crippen molar-refractivity contribution in [2.24, 2.45) is 0 Å². The van der Waals surface area contributed by atoms with Gasteiger partial charge in [-0.3, -0.25) is 14.6 Å². The van der Waals surface area contributed by atoms with Crippen LogP contribution in [0.4, 0.5) is 11.4 Å². The van der Waals surface area contributed by atoms with E-state index in [1.165, 1.54) is 12.4 Å². The van der Waals surface area contributed by atoms with Crippen LogP contribution in [0.1, 0.15) is 43.0 Å². The van der Waals surface area contributed by atoms with Crippen molar-refractivity contribution in [1.82, 2.24) is 4.98 Å². The van der Waals surface area contributed by atoms with Gasteiger partial charge in [0.25, 0.3) is 11.8 Å². The van der Waals surface area contributed by atoms with E-state index in [0.717, 1.165) is 27.9 Å². The lowest BCUT2D eigenvalue weighted by molar-refractivity contribution is 0.102. The molecule has 2 aromatic carbocycles. The zero-order valence-corrected chi connectivity index (χ0v) is 16.5. The van der Waals surface area contributed by atoms with E-state index in [-0.39, 0.29) is 11.8 Å². The van der Waals surface area contributed by atoms with Gasteiger partial charge in [-0.15, -0.1) is 0 Å². The van der Waals surface area contributed by atoms with Crippen LogP contribution in [0.25, 0.3) is 0 Å². The monoisotopic (exact) mass is 373 g/mol. The maximum absolute atomic E-state index is 12.6. The van der Waals surface area contributed by atoms with Crippen LogP contribution < -0.4 is 10.6 Å².